The molecule has 27 heavy (non-hydrogen) atoms. The Hall–Kier alpha value is -1.68. The summed E-state index contributed by atoms with van der Waals surface area (Å²) < 4.78 is 0. The summed E-state index contributed by atoms with van der Waals surface area (Å²) in [5.74, 6) is 0.660. The molecular formula is C23H34N2OS. The van der Waals surface area contributed by atoms with Gasteiger partial charge in [-0.25, -0.2) is 4.98 Å². The molecule has 1 amide bonds. The van der Waals surface area contributed by atoms with Gasteiger partial charge < -0.3 is 5.32 Å². The van der Waals surface area contributed by atoms with Crippen LogP contribution in [0.4, 0.5) is 5.13 Å². The fourth-order valence-corrected chi connectivity index (χ4v) is 3.84. The van der Waals surface area contributed by atoms with Crippen molar-refractivity contribution < 1.29 is 4.79 Å². The molecule has 0 spiro atoms. The molecule has 4 heteroatoms. The van der Waals surface area contributed by atoms with Crippen LogP contribution in [0.3, 0.4) is 0 Å². The van der Waals surface area contributed by atoms with Crippen LogP contribution >= 0.6 is 11.3 Å². The minimum Gasteiger partial charge on any atom is -0.302 e. The molecule has 0 fully saturated rings. The highest BCUT2D eigenvalue weighted by Crippen LogP contribution is 2.27. The molecule has 1 N–H and O–H groups in total. The maximum Gasteiger partial charge on any atom is 0.226 e. The second-order valence-electron chi connectivity index (χ2n) is 7.39. The first kappa shape index (κ1) is 21.6. The van der Waals surface area contributed by atoms with Crippen LogP contribution in [0.25, 0.3) is 11.3 Å². The summed E-state index contributed by atoms with van der Waals surface area (Å²) in [5, 5.41) is 5.66. The number of amides is 1. The van der Waals surface area contributed by atoms with Gasteiger partial charge in [0.1, 0.15) is 0 Å². The van der Waals surface area contributed by atoms with Gasteiger partial charge >= 0.3 is 0 Å². The van der Waals surface area contributed by atoms with Crippen LogP contribution < -0.4 is 5.32 Å². The van der Waals surface area contributed by atoms with Gasteiger partial charge in [0, 0.05) is 17.4 Å². The molecule has 148 valence electrons. The Morgan fingerprint density at radius 3 is 2.37 bits per heavy atom. The van der Waals surface area contributed by atoms with E-state index >= 15 is 0 Å². The minimum absolute atomic E-state index is 0.0802. The quantitative estimate of drug-likeness (QED) is 0.386. The van der Waals surface area contributed by atoms with Crippen molar-refractivity contribution in [1.82, 2.24) is 4.98 Å². The van der Waals surface area contributed by atoms with E-state index < -0.39 is 0 Å². The number of nitrogens with one attached hydrogen (secondary N) is 1. The number of anilines is 1. The van der Waals surface area contributed by atoms with Crippen molar-refractivity contribution in [2.24, 2.45) is 0 Å². The molecule has 0 aliphatic rings. The lowest BCUT2D eigenvalue weighted by molar-refractivity contribution is -0.116. The van der Waals surface area contributed by atoms with E-state index in [1.54, 1.807) is 0 Å². The lowest BCUT2D eigenvalue weighted by Crippen LogP contribution is -2.10. The zero-order chi connectivity index (χ0) is 19.5. The number of hydrogen-bond acceptors (Lipinski definition) is 3. The normalized spacial score (nSPS) is 12.1. The average molecular weight is 387 g/mol. The lowest BCUT2D eigenvalue weighted by atomic mass is 9.97. The first-order chi connectivity index (χ1) is 13.1. The van der Waals surface area contributed by atoms with E-state index in [1.165, 1.54) is 49.0 Å². The van der Waals surface area contributed by atoms with Crippen LogP contribution in [0.15, 0.2) is 29.6 Å². The van der Waals surface area contributed by atoms with Crippen molar-refractivity contribution in [3.63, 3.8) is 0 Å². The highest BCUT2D eigenvalue weighted by atomic mass is 32.1. The molecule has 1 unspecified atom stereocenters. The van der Waals surface area contributed by atoms with Crippen LogP contribution in [0, 0.1) is 0 Å². The van der Waals surface area contributed by atoms with Gasteiger partial charge in [0.15, 0.2) is 5.13 Å². The molecule has 0 aliphatic carbocycles. The fourth-order valence-electron chi connectivity index (χ4n) is 3.11. The predicted molar refractivity (Wildman–Crippen MR) is 117 cm³/mol. The van der Waals surface area contributed by atoms with E-state index in [2.05, 4.69) is 55.3 Å². The van der Waals surface area contributed by atoms with E-state index in [1.807, 2.05) is 5.38 Å². The van der Waals surface area contributed by atoms with Gasteiger partial charge in [-0.2, -0.15) is 0 Å². The van der Waals surface area contributed by atoms with Crippen LogP contribution in [-0.4, -0.2) is 10.9 Å². The molecule has 0 saturated heterocycles. The Morgan fingerprint density at radius 1 is 1.04 bits per heavy atom. The zero-order valence-electron chi connectivity index (χ0n) is 17.1. The maximum atomic E-state index is 12.1. The Labute approximate surface area is 168 Å². The summed E-state index contributed by atoms with van der Waals surface area (Å²) in [6.07, 6.45) is 10.3. The molecule has 1 aromatic heterocycles. The summed E-state index contributed by atoms with van der Waals surface area (Å²) >= 11 is 1.50. The standard InChI is InChI=1S/C23H34N2OS/c1-4-6-7-8-9-10-11-12-22(26)25-23-24-21(17-27-23)20-15-13-19(14-16-20)18(3)5-2/h13-18H,4-12H2,1-3H3,(H,24,25,26). The monoisotopic (exact) mass is 386 g/mol. The molecule has 3 nitrogen and oxygen atoms in total. The third-order valence-electron chi connectivity index (χ3n) is 5.15. The van der Waals surface area contributed by atoms with Crippen molar-refractivity contribution in [1.29, 1.82) is 0 Å². The van der Waals surface area contributed by atoms with Gasteiger partial charge in [0.25, 0.3) is 0 Å². The zero-order valence-corrected chi connectivity index (χ0v) is 17.9. The van der Waals surface area contributed by atoms with Gasteiger partial charge in [-0.3, -0.25) is 4.79 Å². The molecular weight excluding hydrogens is 352 g/mol. The molecule has 0 aliphatic heterocycles. The Bertz CT molecular complexity index is 678. The number of unbranched alkanes of at least 4 members (excludes halogenated alkanes) is 6. The lowest BCUT2D eigenvalue weighted by Gasteiger charge is -2.08. The largest absolute Gasteiger partial charge is 0.302 e. The van der Waals surface area contributed by atoms with Crippen LogP contribution in [0.5, 0.6) is 0 Å². The number of thiazole rings is 1. The SMILES string of the molecule is CCCCCCCCCC(=O)Nc1nc(-c2ccc(C(C)CC)cc2)cs1. The predicted octanol–water partition coefficient (Wildman–Crippen LogP) is 7.40. The van der Waals surface area contributed by atoms with Crippen molar-refractivity contribution >= 4 is 22.4 Å². The summed E-state index contributed by atoms with van der Waals surface area (Å²) in [4.78, 5) is 16.7. The average Bonchev–Trinajstić information content (AvgIpc) is 3.15. The smallest absolute Gasteiger partial charge is 0.226 e. The molecule has 1 heterocycles. The summed E-state index contributed by atoms with van der Waals surface area (Å²) in [6, 6.07) is 8.62. The third-order valence-corrected chi connectivity index (χ3v) is 5.90. The summed E-state index contributed by atoms with van der Waals surface area (Å²) in [6.45, 7) is 6.69. The minimum atomic E-state index is 0.0802. The van der Waals surface area contributed by atoms with Crippen LogP contribution in [-0.2, 0) is 4.79 Å². The van der Waals surface area contributed by atoms with Gasteiger partial charge in [-0.15, -0.1) is 11.3 Å². The third kappa shape index (κ3) is 7.45. The van der Waals surface area contributed by atoms with Crippen LogP contribution in [0.1, 0.15) is 90.0 Å². The van der Waals surface area contributed by atoms with Crippen molar-refractivity contribution in [2.45, 2.75) is 84.5 Å². The summed E-state index contributed by atoms with van der Waals surface area (Å²) in [7, 11) is 0. The van der Waals surface area contributed by atoms with Crippen molar-refractivity contribution in [3.8, 4) is 11.3 Å². The first-order valence-corrected chi connectivity index (χ1v) is 11.4. The number of rotatable bonds is 12. The number of benzene rings is 1. The number of carbonyl (C=O) groups is 1. The number of nitrogens with zero attached hydrogens (tertiary/aromatic N) is 1. The first-order valence-electron chi connectivity index (χ1n) is 10.5. The second kappa shape index (κ2) is 11.9. The second-order valence-corrected chi connectivity index (χ2v) is 8.25. The van der Waals surface area contributed by atoms with Crippen LogP contribution in [0.2, 0.25) is 0 Å². The highest BCUT2D eigenvalue weighted by molar-refractivity contribution is 7.14. The number of carbonyl (C=O) groups excluding carboxylic acids is 1. The molecule has 0 saturated carbocycles. The Morgan fingerprint density at radius 2 is 1.70 bits per heavy atom. The fraction of sp³-hybridized carbons (Fsp3) is 0.565. The highest BCUT2D eigenvalue weighted by Gasteiger charge is 2.09. The van der Waals surface area contributed by atoms with Crippen molar-refractivity contribution in [3.05, 3.63) is 35.2 Å². The number of hydrogen-bond donors (Lipinski definition) is 1. The van der Waals surface area contributed by atoms with Crippen molar-refractivity contribution in [2.75, 3.05) is 5.32 Å². The molecule has 2 rings (SSSR count). The Balaban J connectivity index is 1.76. The van der Waals surface area contributed by atoms with Gasteiger partial charge in [0.2, 0.25) is 5.91 Å². The van der Waals surface area contributed by atoms with E-state index in [9.17, 15) is 4.79 Å². The molecule has 1 atom stereocenters. The maximum absolute atomic E-state index is 12.1. The van der Waals surface area contributed by atoms with Gasteiger partial charge in [0.05, 0.1) is 5.69 Å². The molecule has 1 aromatic carbocycles. The molecule has 0 radical (unpaired) electrons. The van der Waals surface area contributed by atoms with E-state index in [4.69, 9.17) is 0 Å². The van der Waals surface area contributed by atoms with Gasteiger partial charge in [-0.1, -0.05) is 83.6 Å². The van der Waals surface area contributed by atoms with E-state index in [0.29, 0.717) is 17.5 Å². The number of aromatic nitrogens is 1. The summed E-state index contributed by atoms with van der Waals surface area (Å²) in [5.41, 5.74) is 3.40. The van der Waals surface area contributed by atoms with Gasteiger partial charge in [-0.05, 0) is 24.3 Å². The van der Waals surface area contributed by atoms with E-state index in [-0.39, 0.29) is 5.91 Å². The molecule has 0 bridgehead atoms. The Kier molecular flexibility index (Phi) is 9.54. The van der Waals surface area contributed by atoms with E-state index in [0.717, 1.165) is 30.5 Å². The topological polar surface area (TPSA) is 42.0 Å². The molecule has 2 aromatic rings.